The van der Waals surface area contributed by atoms with Crippen LogP contribution in [0.4, 0.5) is 8.78 Å². The Balaban J connectivity index is 1.99. The first-order valence-electron chi connectivity index (χ1n) is 6.82. The second-order valence-electron chi connectivity index (χ2n) is 5.17. The van der Waals surface area contributed by atoms with E-state index in [-0.39, 0.29) is 17.7 Å². The zero-order chi connectivity index (χ0) is 13.8. The van der Waals surface area contributed by atoms with Crippen LogP contribution in [-0.2, 0) is 4.79 Å². The highest BCUT2D eigenvalue weighted by Gasteiger charge is 2.30. The number of nitrogens with one attached hydrogen (secondary N) is 1. The summed E-state index contributed by atoms with van der Waals surface area (Å²) in [5, 5.41) is 3.16. The standard InChI is InChI=1S/C15H19F2NO/c1-2-3-4-15(19)14-7-11(9-18-14)10-5-12(16)8-13(17)6-10/h5-6,8,11,14,18H,2-4,7,9H2,1H3/t11-,14?/m1/s1. The fourth-order valence-corrected chi connectivity index (χ4v) is 2.57. The number of benzene rings is 1. The number of unbranched alkanes of at least 4 members (excludes halogenated alkanes) is 1. The fraction of sp³-hybridized carbons (Fsp3) is 0.533. The highest BCUT2D eigenvalue weighted by atomic mass is 19.1. The van der Waals surface area contributed by atoms with Crippen LogP contribution in [-0.4, -0.2) is 18.4 Å². The molecule has 1 unspecified atom stereocenters. The number of carbonyl (C=O) groups excluding carboxylic acids is 1. The van der Waals surface area contributed by atoms with Crippen molar-refractivity contribution in [1.29, 1.82) is 0 Å². The Bertz CT molecular complexity index is 441. The molecule has 2 nitrogen and oxygen atoms in total. The zero-order valence-electron chi connectivity index (χ0n) is 11.1. The second kappa shape index (κ2) is 6.24. The molecule has 0 spiro atoms. The van der Waals surface area contributed by atoms with E-state index >= 15 is 0 Å². The van der Waals surface area contributed by atoms with Gasteiger partial charge in [0.2, 0.25) is 0 Å². The van der Waals surface area contributed by atoms with Gasteiger partial charge in [0.05, 0.1) is 6.04 Å². The predicted molar refractivity (Wildman–Crippen MR) is 70.0 cm³/mol. The summed E-state index contributed by atoms with van der Waals surface area (Å²) in [5.41, 5.74) is 0.635. The Hall–Kier alpha value is -1.29. The number of carbonyl (C=O) groups is 1. The Morgan fingerprint density at radius 3 is 2.63 bits per heavy atom. The van der Waals surface area contributed by atoms with E-state index in [0.29, 0.717) is 24.9 Å². The molecule has 0 amide bonds. The molecule has 1 saturated heterocycles. The second-order valence-corrected chi connectivity index (χ2v) is 5.17. The minimum atomic E-state index is -0.559. The molecule has 1 fully saturated rings. The van der Waals surface area contributed by atoms with Crippen LogP contribution in [0.2, 0.25) is 0 Å². The predicted octanol–water partition coefficient (Wildman–Crippen LogP) is 3.17. The molecule has 2 atom stereocenters. The van der Waals surface area contributed by atoms with Crippen LogP contribution in [0.25, 0.3) is 0 Å². The summed E-state index contributed by atoms with van der Waals surface area (Å²) in [6.45, 7) is 2.65. The van der Waals surface area contributed by atoms with Crippen molar-refractivity contribution in [3.63, 3.8) is 0 Å². The van der Waals surface area contributed by atoms with Crippen molar-refractivity contribution in [2.75, 3.05) is 6.54 Å². The molecule has 19 heavy (non-hydrogen) atoms. The van der Waals surface area contributed by atoms with E-state index in [4.69, 9.17) is 0 Å². The lowest BCUT2D eigenvalue weighted by atomic mass is 9.94. The van der Waals surface area contributed by atoms with E-state index in [2.05, 4.69) is 5.32 Å². The molecule has 0 bridgehead atoms. The van der Waals surface area contributed by atoms with Crippen LogP contribution >= 0.6 is 0 Å². The van der Waals surface area contributed by atoms with Crippen molar-refractivity contribution in [2.24, 2.45) is 0 Å². The zero-order valence-corrected chi connectivity index (χ0v) is 11.1. The highest BCUT2D eigenvalue weighted by Crippen LogP contribution is 2.27. The Morgan fingerprint density at radius 2 is 2.00 bits per heavy atom. The summed E-state index contributed by atoms with van der Waals surface area (Å²) < 4.78 is 26.4. The molecule has 1 aliphatic heterocycles. The SMILES string of the molecule is CCCCC(=O)C1C[C@@H](c2cc(F)cc(F)c2)CN1. The number of hydrogen-bond donors (Lipinski definition) is 1. The van der Waals surface area contributed by atoms with Crippen LogP contribution in [0.15, 0.2) is 18.2 Å². The van der Waals surface area contributed by atoms with Gasteiger partial charge in [-0.1, -0.05) is 13.3 Å². The van der Waals surface area contributed by atoms with Crippen molar-refractivity contribution >= 4 is 5.78 Å². The van der Waals surface area contributed by atoms with Crippen LogP contribution in [0.3, 0.4) is 0 Å². The van der Waals surface area contributed by atoms with Crippen molar-refractivity contribution in [3.8, 4) is 0 Å². The van der Waals surface area contributed by atoms with E-state index in [1.165, 1.54) is 12.1 Å². The summed E-state index contributed by atoms with van der Waals surface area (Å²) in [6.07, 6.45) is 3.11. The van der Waals surface area contributed by atoms with Gasteiger partial charge in [0.25, 0.3) is 0 Å². The third kappa shape index (κ3) is 3.60. The number of ketones is 1. The fourth-order valence-electron chi connectivity index (χ4n) is 2.57. The average Bonchev–Trinajstić information content (AvgIpc) is 2.84. The molecule has 0 aliphatic carbocycles. The first-order valence-corrected chi connectivity index (χ1v) is 6.82. The van der Waals surface area contributed by atoms with Crippen LogP contribution < -0.4 is 5.32 Å². The van der Waals surface area contributed by atoms with Gasteiger partial charge in [-0.25, -0.2) is 8.78 Å². The van der Waals surface area contributed by atoms with Gasteiger partial charge in [-0.05, 0) is 36.5 Å². The lowest BCUT2D eigenvalue weighted by Gasteiger charge is -2.10. The van der Waals surface area contributed by atoms with Gasteiger partial charge >= 0.3 is 0 Å². The maximum absolute atomic E-state index is 13.2. The Labute approximate surface area is 112 Å². The number of hydrogen-bond acceptors (Lipinski definition) is 2. The van der Waals surface area contributed by atoms with Gasteiger partial charge in [-0.15, -0.1) is 0 Å². The van der Waals surface area contributed by atoms with E-state index in [0.717, 1.165) is 18.9 Å². The maximum atomic E-state index is 13.2. The van der Waals surface area contributed by atoms with Gasteiger partial charge < -0.3 is 5.32 Å². The third-order valence-corrected chi connectivity index (χ3v) is 3.65. The van der Waals surface area contributed by atoms with Gasteiger partial charge in [0.1, 0.15) is 17.4 Å². The first-order chi connectivity index (χ1) is 9.10. The molecule has 104 valence electrons. The van der Waals surface area contributed by atoms with Crippen LogP contribution in [0, 0.1) is 11.6 Å². The molecule has 1 aromatic rings. The highest BCUT2D eigenvalue weighted by molar-refractivity contribution is 5.84. The number of Topliss-reactive ketones (excluding diaryl/α,β-unsaturated/α-hetero) is 1. The number of rotatable bonds is 5. The minimum Gasteiger partial charge on any atom is -0.307 e. The molecule has 0 radical (unpaired) electrons. The lowest BCUT2D eigenvalue weighted by molar-refractivity contribution is -0.120. The largest absolute Gasteiger partial charge is 0.307 e. The monoisotopic (exact) mass is 267 g/mol. The summed E-state index contributed by atoms with van der Waals surface area (Å²) in [6, 6.07) is 3.42. The molecule has 1 heterocycles. The third-order valence-electron chi connectivity index (χ3n) is 3.65. The molecule has 2 rings (SSSR count). The van der Waals surface area contributed by atoms with Crippen molar-refractivity contribution in [1.82, 2.24) is 5.32 Å². The summed E-state index contributed by atoms with van der Waals surface area (Å²) in [5.74, 6) is -0.895. The topological polar surface area (TPSA) is 29.1 Å². The van der Waals surface area contributed by atoms with Crippen LogP contribution in [0.1, 0.15) is 44.1 Å². The molecule has 0 saturated carbocycles. The summed E-state index contributed by atoms with van der Waals surface area (Å²) >= 11 is 0. The first kappa shape index (κ1) is 14.1. The Kier molecular flexibility index (Phi) is 4.64. The smallest absolute Gasteiger partial charge is 0.149 e. The molecule has 1 aliphatic rings. The average molecular weight is 267 g/mol. The van der Waals surface area contributed by atoms with Gasteiger partial charge in [-0.2, -0.15) is 0 Å². The van der Waals surface area contributed by atoms with E-state index in [9.17, 15) is 13.6 Å². The van der Waals surface area contributed by atoms with Gasteiger partial charge in [0.15, 0.2) is 0 Å². The normalized spacial score (nSPS) is 22.7. The molecule has 1 aromatic carbocycles. The van der Waals surface area contributed by atoms with E-state index in [1.807, 2.05) is 6.92 Å². The summed E-state index contributed by atoms with van der Waals surface area (Å²) in [7, 11) is 0. The van der Waals surface area contributed by atoms with Crippen molar-refractivity contribution in [2.45, 2.75) is 44.6 Å². The molecule has 1 N–H and O–H groups in total. The van der Waals surface area contributed by atoms with E-state index < -0.39 is 11.6 Å². The Morgan fingerprint density at radius 1 is 1.32 bits per heavy atom. The summed E-state index contributed by atoms with van der Waals surface area (Å²) in [4.78, 5) is 11.9. The van der Waals surface area contributed by atoms with Gasteiger partial charge in [0, 0.05) is 19.0 Å². The van der Waals surface area contributed by atoms with Crippen molar-refractivity contribution in [3.05, 3.63) is 35.4 Å². The maximum Gasteiger partial charge on any atom is 0.149 e. The molecule has 0 aromatic heterocycles. The lowest BCUT2D eigenvalue weighted by Crippen LogP contribution is -2.30. The number of halogens is 2. The van der Waals surface area contributed by atoms with Crippen molar-refractivity contribution < 1.29 is 13.6 Å². The van der Waals surface area contributed by atoms with E-state index in [1.54, 1.807) is 0 Å². The molecular weight excluding hydrogens is 248 g/mol. The minimum absolute atomic E-state index is 0.0146. The van der Waals surface area contributed by atoms with Crippen LogP contribution in [0.5, 0.6) is 0 Å². The molecule has 4 heteroatoms. The van der Waals surface area contributed by atoms with Gasteiger partial charge in [-0.3, -0.25) is 4.79 Å². The quantitative estimate of drug-likeness (QED) is 0.887. The molecular formula is C15H19F2NO.